The lowest BCUT2D eigenvalue weighted by molar-refractivity contribution is 0.199. The predicted molar refractivity (Wildman–Crippen MR) is 82.3 cm³/mol. The van der Waals surface area contributed by atoms with Crippen LogP contribution in [0.3, 0.4) is 0 Å². The van der Waals surface area contributed by atoms with Crippen LogP contribution in [-0.2, 0) is 13.0 Å². The fraction of sp³-hybridized carbons (Fsp3) is 0.438. The third kappa shape index (κ3) is 3.81. The Morgan fingerprint density at radius 3 is 2.85 bits per heavy atom. The molecule has 0 aliphatic carbocycles. The van der Waals surface area contributed by atoms with E-state index in [2.05, 4.69) is 17.3 Å². The largest absolute Gasteiger partial charge is 0.487 e. The van der Waals surface area contributed by atoms with Crippen molar-refractivity contribution in [1.29, 1.82) is 0 Å². The van der Waals surface area contributed by atoms with E-state index in [9.17, 15) is 5.11 Å². The van der Waals surface area contributed by atoms with E-state index in [1.165, 1.54) is 5.01 Å². The molecule has 0 saturated heterocycles. The SMILES string of the molecule is CCCc1nc(COc2ccc(C(C)O)cc2C)cs1. The minimum Gasteiger partial charge on any atom is -0.487 e. The molecule has 1 aromatic heterocycles. The van der Waals surface area contributed by atoms with Crippen LogP contribution in [0.25, 0.3) is 0 Å². The number of benzene rings is 1. The average Bonchev–Trinajstić information content (AvgIpc) is 2.85. The Morgan fingerprint density at radius 2 is 2.20 bits per heavy atom. The highest BCUT2D eigenvalue weighted by atomic mass is 32.1. The Kier molecular flexibility index (Phi) is 5.15. The van der Waals surface area contributed by atoms with Crippen LogP contribution in [0.4, 0.5) is 0 Å². The molecule has 3 nitrogen and oxygen atoms in total. The van der Waals surface area contributed by atoms with E-state index in [1.54, 1.807) is 18.3 Å². The molecule has 108 valence electrons. The third-order valence-electron chi connectivity index (χ3n) is 3.12. The van der Waals surface area contributed by atoms with Gasteiger partial charge in [0.2, 0.25) is 0 Å². The second kappa shape index (κ2) is 6.86. The molecule has 1 N–H and O–H groups in total. The Labute approximate surface area is 124 Å². The van der Waals surface area contributed by atoms with Crippen molar-refractivity contribution in [2.75, 3.05) is 0 Å². The minimum atomic E-state index is -0.446. The molecule has 1 atom stereocenters. The third-order valence-corrected chi connectivity index (χ3v) is 4.08. The van der Waals surface area contributed by atoms with Crippen molar-refractivity contribution < 1.29 is 9.84 Å². The highest BCUT2D eigenvalue weighted by Gasteiger charge is 2.07. The summed E-state index contributed by atoms with van der Waals surface area (Å²) in [7, 11) is 0. The van der Waals surface area contributed by atoms with Gasteiger partial charge in [-0.1, -0.05) is 13.0 Å². The van der Waals surface area contributed by atoms with E-state index in [0.717, 1.165) is 35.4 Å². The summed E-state index contributed by atoms with van der Waals surface area (Å²) in [5.74, 6) is 0.847. The highest BCUT2D eigenvalue weighted by molar-refractivity contribution is 7.09. The number of aliphatic hydroxyl groups is 1. The van der Waals surface area contributed by atoms with Crippen LogP contribution in [0.1, 0.15) is 48.2 Å². The molecule has 0 spiro atoms. The Hall–Kier alpha value is -1.39. The molecular formula is C16H21NO2S. The van der Waals surface area contributed by atoms with Gasteiger partial charge in [-0.15, -0.1) is 11.3 Å². The standard InChI is InChI=1S/C16H21NO2S/c1-4-5-16-17-14(10-20-16)9-19-15-7-6-13(12(3)18)8-11(15)2/h6-8,10,12,18H,4-5,9H2,1-3H3. The number of nitrogens with zero attached hydrogens (tertiary/aromatic N) is 1. The highest BCUT2D eigenvalue weighted by Crippen LogP contribution is 2.23. The van der Waals surface area contributed by atoms with E-state index < -0.39 is 6.10 Å². The monoisotopic (exact) mass is 291 g/mol. The molecule has 20 heavy (non-hydrogen) atoms. The molecule has 0 bridgehead atoms. The number of hydrogen-bond donors (Lipinski definition) is 1. The second-order valence-electron chi connectivity index (χ2n) is 4.97. The summed E-state index contributed by atoms with van der Waals surface area (Å²) in [5.41, 5.74) is 2.93. The fourth-order valence-corrected chi connectivity index (χ4v) is 2.87. The summed E-state index contributed by atoms with van der Waals surface area (Å²) in [6.07, 6.45) is 1.71. The number of aryl methyl sites for hydroxylation is 2. The predicted octanol–water partition coefficient (Wildman–Crippen LogP) is 4.04. The maximum atomic E-state index is 9.55. The maximum absolute atomic E-state index is 9.55. The first kappa shape index (κ1) is 15.0. The van der Waals surface area contributed by atoms with E-state index >= 15 is 0 Å². The fourth-order valence-electron chi connectivity index (χ4n) is 1.99. The first-order chi connectivity index (χ1) is 9.60. The van der Waals surface area contributed by atoms with E-state index in [-0.39, 0.29) is 0 Å². The first-order valence-electron chi connectivity index (χ1n) is 6.94. The zero-order valence-corrected chi connectivity index (χ0v) is 13.0. The van der Waals surface area contributed by atoms with Gasteiger partial charge < -0.3 is 9.84 Å². The van der Waals surface area contributed by atoms with Gasteiger partial charge in [-0.05, 0) is 49.9 Å². The number of aromatic nitrogens is 1. The molecule has 2 aromatic rings. The van der Waals surface area contributed by atoms with Crippen molar-refractivity contribution in [3.63, 3.8) is 0 Å². The molecule has 4 heteroatoms. The summed E-state index contributed by atoms with van der Waals surface area (Å²) in [6.45, 7) is 6.41. The van der Waals surface area contributed by atoms with E-state index in [4.69, 9.17) is 4.74 Å². The zero-order chi connectivity index (χ0) is 14.5. The van der Waals surface area contributed by atoms with Crippen molar-refractivity contribution in [1.82, 2.24) is 4.98 Å². The van der Waals surface area contributed by atoms with Gasteiger partial charge in [0.05, 0.1) is 16.8 Å². The summed E-state index contributed by atoms with van der Waals surface area (Å²) >= 11 is 1.70. The quantitative estimate of drug-likeness (QED) is 0.873. The number of ether oxygens (including phenoxy) is 1. The molecule has 0 fully saturated rings. The molecular weight excluding hydrogens is 270 g/mol. The van der Waals surface area contributed by atoms with Gasteiger partial charge in [0.15, 0.2) is 0 Å². The molecule has 1 aromatic carbocycles. The topological polar surface area (TPSA) is 42.4 Å². The van der Waals surface area contributed by atoms with Gasteiger partial charge in [0, 0.05) is 5.38 Å². The maximum Gasteiger partial charge on any atom is 0.131 e. The lowest BCUT2D eigenvalue weighted by Gasteiger charge is -2.11. The molecule has 0 aliphatic rings. The Balaban J connectivity index is 1.99. The molecule has 0 radical (unpaired) electrons. The van der Waals surface area contributed by atoms with Crippen LogP contribution in [-0.4, -0.2) is 10.1 Å². The minimum absolute atomic E-state index is 0.446. The Morgan fingerprint density at radius 1 is 1.40 bits per heavy atom. The van der Waals surface area contributed by atoms with Crippen LogP contribution in [0.15, 0.2) is 23.6 Å². The van der Waals surface area contributed by atoms with Gasteiger partial charge in [0.1, 0.15) is 12.4 Å². The number of hydrogen-bond acceptors (Lipinski definition) is 4. The molecule has 1 heterocycles. The van der Waals surface area contributed by atoms with Crippen LogP contribution >= 0.6 is 11.3 Å². The smallest absolute Gasteiger partial charge is 0.131 e. The molecule has 0 saturated carbocycles. The van der Waals surface area contributed by atoms with Crippen molar-refractivity contribution in [3.8, 4) is 5.75 Å². The zero-order valence-electron chi connectivity index (χ0n) is 12.2. The van der Waals surface area contributed by atoms with Crippen molar-refractivity contribution >= 4 is 11.3 Å². The number of rotatable bonds is 6. The first-order valence-corrected chi connectivity index (χ1v) is 7.82. The van der Waals surface area contributed by atoms with Crippen molar-refractivity contribution in [2.45, 2.75) is 46.3 Å². The molecule has 0 amide bonds. The Bertz CT molecular complexity index is 563. The van der Waals surface area contributed by atoms with Crippen LogP contribution in [0.5, 0.6) is 5.75 Å². The van der Waals surface area contributed by atoms with Gasteiger partial charge in [0.25, 0.3) is 0 Å². The van der Waals surface area contributed by atoms with Crippen LogP contribution in [0.2, 0.25) is 0 Å². The van der Waals surface area contributed by atoms with Gasteiger partial charge in [-0.2, -0.15) is 0 Å². The van der Waals surface area contributed by atoms with Crippen LogP contribution in [0, 0.1) is 6.92 Å². The normalized spacial score (nSPS) is 12.4. The van der Waals surface area contributed by atoms with E-state index in [1.807, 2.05) is 25.1 Å². The van der Waals surface area contributed by atoms with Gasteiger partial charge >= 0.3 is 0 Å². The van der Waals surface area contributed by atoms with Crippen molar-refractivity contribution in [3.05, 3.63) is 45.4 Å². The summed E-state index contributed by atoms with van der Waals surface area (Å²) in [5, 5.41) is 12.8. The lowest BCUT2D eigenvalue weighted by Crippen LogP contribution is -1.99. The second-order valence-corrected chi connectivity index (χ2v) is 5.91. The summed E-state index contributed by atoms with van der Waals surface area (Å²) in [6, 6.07) is 5.77. The van der Waals surface area contributed by atoms with Crippen LogP contribution < -0.4 is 4.74 Å². The van der Waals surface area contributed by atoms with Crippen molar-refractivity contribution in [2.24, 2.45) is 0 Å². The number of aliphatic hydroxyl groups excluding tert-OH is 1. The van der Waals surface area contributed by atoms with Gasteiger partial charge in [-0.25, -0.2) is 4.98 Å². The molecule has 1 unspecified atom stereocenters. The summed E-state index contributed by atoms with van der Waals surface area (Å²) in [4.78, 5) is 4.54. The lowest BCUT2D eigenvalue weighted by atomic mass is 10.1. The average molecular weight is 291 g/mol. The molecule has 0 aliphatic heterocycles. The number of thiazole rings is 1. The van der Waals surface area contributed by atoms with Gasteiger partial charge in [-0.3, -0.25) is 0 Å². The summed E-state index contributed by atoms with van der Waals surface area (Å²) < 4.78 is 5.81. The molecule has 2 rings (SSSR count). The van der Waals surface area contributed by atoms with E-state index in [0.29, 0.717) is 6.61 Å².